The highest BCUT2D eigenvalue weighted by Gasteiger charge is 2.60. The number of imidazole rings is 1. The van der Waals surface area contributed by atoms with E-state index in [1.807, 2.05) is 0 Å². The van der Waals surface area contributed by atoms with Gasteiger partial charge < -0.3 is 30.5 Å². The minimum absolute atomic E-state index is 0.0909. The zero-order valence-electron chi connectivity index (χ0n) is 22.4. The zero-order chi connectivity index (χ0) is 31.2. The number of para-hydroxylation sites is 2. The minimum atomic E-state index is -1.28. The molecule has 2 aliphatic rings. The summed E-state index contributed by atoms with van der Waals surface area (Å²) >= 11 is 3.70. The molecule has 0 bridgehead atoms. The van der Waals surface area contributed by atoms with Gasteiger partial charge in [0.2, 0.25) is 11.8 Å². The Bertz CT molecular complexity index is 1840. The largest absolute Gasteiger partial charge is 0.508 e. The van der Waals surface area contributed by atoms with Gasteiger partial charge in [-0.2, -0.15) is 0 Å². The fraction of sp³-hybridized carbons (Fsp3) is 0.269. The fourth-order valence-corrected chi connectivity index (χ4v) is 8.53. The van der Waals surface area contributed by atoms with Crippen LogP contribution in [-0.2, 0) is 14.4 Å². The molecule has 4 heterocycles. The number of phenols is 2. The van der Waals surface area contributed by atoms with Crippen molar-refractivity contribution in [3.05, 3.63) is 58.5 Å². The van der Waals surface area contributed by atoms with Crippen molar-refractivity contribution in [3.8, 4) is 11.5 Å². The molecule has 0 spiro atoms. The number of benzene rings is 2. The Labute approximate surface area is 259 Å². The number of nitrogens with one attached hydrogen (secondary N) is 2. The number of nitrogens with zero attached hydrogens (tertiary/aromatic N) is 5. The zero-order valence-corrected chi connectivity index (χ0v) is 24.9. The first-order valence-electron chi connectivity index (χ1n) is 13.0. The molecular formula is C26H23N7O8S3. The number of thioether (sulfide) groups is 2. The van der Waals surface area contributed by atoms with Crippen molar-refractivity contribution < 1.29 is 34.5 Å². The van der Waals surface area contributed by atoms with Gasteiger partial charge in [-0.15, -0.1) is 22.0 Å². The van der Waals surface area contributed by atoms with E-state index in [1.54, 1.807) is 24.3 Å². The molecule has 2 aromatic heterocycles. The van der Waals surface area contributed by atoms with Crippen LogP contribution in [0.15, 0.2) is 57.1 Å². The number of aromatic hydroxyl groups is 2. The average molecular weight is 658 g/mol. The number of rotatable bonds is 8. The SMILES string of the molecule is O=C(CNC(=O)n1c(=O)[nH]c2ccccc21)N(c1ccc(O)cc1O)C1C(=O)N2CC(CSc3nncs3)(C(=O)O)CS[C@H]12. The number of carbonyl (C=O) groups is 4. The lowest BCUT2D eigenvalue weighted by Gasteiger charge is -2.56. The molecule has 5 N–H and O–H groups in total. The average Bonchev–Trinajstić information content (AvgIpc) is 3.64. The Morgan fingerprint density at radius 1 is 1.18 bits per heavy atom. The van der Waals surface area contributed by atoms with Crippen molar-refractivity contribution in [2.45, 2.75) is 15.8 Å². The van der Waals surface area contributed by atoms with E-state index in [0.717, 1.165) is 15.5 Å². The van der Waals surface area contributed by atoms with Crippen LogP contribution in [0.2, 0.25) is 0 Å². The normalized spacial score (nSPS) is 21.0. The van der Waals surface area contributed by atoms with E-state index in [1.165, 1.54) is 57.4 Å². The highest BCUT2D eigenvalue weighted by molar-refractivity contribution is 8.01. The second-order valence-corrected chi connectivity index (χ2v) is 13.2. The van der Waals surface area contributed by atoms with E-state index < -0.39 is 58.6 Å². The quantitative estimate of drug-likeness (QED) is 0.134. The smallest absolute Gasteiger partial charge is 0.334 e. The summed E-state index contributed by atoms with van der Waals surface area (Å²) in [5.74, 6) is -2.90. The maximum Gasteiger partial charge on any atom is 0.334 e. The molecule has 0 aliphatic carbocycles. The van der Waals surface area contributed by atoms with Gasteiger partial charge in [-0.3, -0.25) is 19.3 Å². The fourth-order valence-electron chi connectivity index (χ4n) is 5.14. The van der Waals surface area contributed by atoms with Gasteiger partial charge in [-0.25, -0.2) is 14.2 Å². The first-order valence-corrected chi connectivity index (χ1v) is 15.9. The summed E-state index contributed by atoms with van der Waals surface area (Å²) in [5, 5.41) is 40.1. The van der Waals surface area contributed by atoms with E-state index >= 15 is 0 Å². The number of carboxylic acid groups (broad SMARTS) is 1. The summed E-state index contributed by atoms with van der Waals surface area (Å²) < 4.78 is 1.44. The molecule has 2 fully saturated rings. The maximum atomic E-state index is 13.7. The Hall–Kier alpha value is -4.55. The van der Waals surface area contributed by atoms with Crippen LogP contribution in [0.25, 0.3) is 11.0 Å². The monoisotopic (exact) mass is 657 g/mol. The number of carboxylic acids is 1. The molecule has 44 heavy (non-hydrogen) atoms. The molecular weight excluding hydrogens is 635 g/mol. The molecule has 0 saturated carbocycles. The highest BCUT2D eigenvalue weighted by atomic mass is 32.2. The number of H-pyrrole nitrogens is 1. The molecule has 18 heteroatoms. The second kappa shape index (κ2) is 11.5. The third-order valence-corrected chi connectivity index (χ3v) is 11.1. The Balaban J connectivity index is 1.23. The maximum absolute atomic E-state index is 13.7. The van der Waals surface area contributed by atoms with Gasteiger partial charge in [-0.1, -0.05) is 35.2 Å². The van der Waals surface area contributed by atoms with Crippen LogP contribution in [0.5, 0.6) is 11.5 Å². The summed E-state index contributed by atoms with van der Waals surface area (Å²) in [5.41, 5.74) is 0.170. The van der Waals surface area contributed by atoms with E-state index in [2.05, 4.69) is 20.5 Å². The number of hydrogen-bond acceptors (Lipinski definition) is 12. The van der Waals surface area contributed by atoms with Crippen molar-refractivity contribution in [2.24, 2.45) is 5.41 Å². The van der Waals surface area contributed by atoms with Crippen LogP contribution < -0.4 is 15.9 Å². The Morgan fingerprint density at radius 3 is 2.70 bits per heavy atom. The predicted molar refractivity (Wildman–Crippen MR) is 161 cm³/mol. The lowest BCUT2D eigenvalue weighted by molar-refractivity contribution is -0.156. The molecule has 2 unspecified atom stereocenters. The van der Waals surface area contributed by atoms with Gasteiger partial charge in [0.15, 0.2) is 4.34 Å². The van der Waals surface area contributed by atoms with Crippen LogP contribution in [-0.4, -0.2) is 99.8 Å². The molecule has 228 valence electrons. The summed E-state index contributed by atoms with van der Waals surface area (Å²) in [6.07, 6.45) is 0. The van der Waals surface area contributed by atoms with Gasteiger partial charge >= 0.3 is 17.7 Å². The molecule has 6 rings (SSSR count). The third-order valence-electron chi connectivity index (χ3n) is 7.33. The summed E-state index contributed by atoms with van der Waals surface area (Å²) in [6, 6.07) is 7.98. The molecule has 2 aromatic carbocycles. The van der Waals surface area contributed by atoms with Crippen molar-refractivity contribution in [2.75, 3.05) is 29.5 Å². The number of hydrogen-bond donors (Lipinski definition) is 5. The standard InChI is InChI=1S/C26H23N7O8S3/c34-13-5-6-16(17(35)7-13)32(18(36)8-27-23(40)33-15-4-2-1-3-14(15)29-24(33)41)19-20(37)31-9-26(22(38)39,10-42-21(19)31)11-43-25-30-28-12-44-25/h1-7,12,19,21,34-35H,8-11H2,(H,27,40)(H,29,41)(H,38,39)/t19?,21-,26?/m1/s1. The van der Waals surface area contributed by atoms with E-state index in [4.69, 9.17) is 0 Å². The van der Waals surface area contributed by atoms with Crippen molar-refractivity contribution in [1.29, 1.82) is 0 Å². The molecule has 4 aromatic rings. The molecule has 2 aliphatic heterocycles. The number of carbonyl (C=O) groups excluding carboxylic acids is 3. The number of aromatic nitrogens is 4. The second-order valence-electron chi connectivity index (χ2n) is 10.1. The molecule has 2 saturated heterocycles. The van der Waals surface area contributed by atoms with Crippen LogP contribution in [0.4, 0.5) is 10.5 Å². The Morgan fingerprint density at radius 2 is 1.98 bits per heavy atom. The van der Waals surface area contributed by atoms with E-state index in [0.29, 0.717) is 15.4 Å². The number of aliphatic carboxylic acids is 1. The molecule has 0 radical (unpaired) electrons. The van der Waals surface area contributed by atoms with Crippen molar-refractivity contribution in [3.63, 3.8) is 0 Å². The van der Waals surface area contributed by atoms with Crippen LogP contribution in [0.1, 0.15) is 0 Å². The van der Waals surface area contributed by atoms with Crippen LogP contribution in [0, 0.1) is 5.41 Å². The number of phenolic OH excluding ortho intramolecular Hbond substituents is 2. The first-order chi connectivity index (χ1) is 21.1. The van der Waals surface area contributed by atoms with Gasteiger partial charge in [0.05, 0.1) is 23.3 Å². The minimum Gasteiger partial charge on any atom is -0.508 e. The number of amides is 3. The third kappa shape index (κ3) is 5.13. The number of β-lactam (4-membered cyclic amide) rings is 1. The first kappa shape index (κ1) is 29.5. The molecule has 3 atom stereocenters. The summed E-state index contributed by atoms with van der Waals surface area (Å²) in [6.45, 7) is -0.755. The number of aromatic amines is 1. The van der Waals surface area contributed by atoms with Crippen LogP contribution in [0.3, 0.4) is 0 Å². The number of anilines is 1. The van der Waals surface area contributed by atoms with Crippen LogP contribution >= 0.6 is 34.9 Å². The Kier molecular flexibility index (Phi) is 7.72. The topological polar surface area (TPSA) is 211 Å². The van der Waals surface area contributed by atoms with Gasteiger partial charge in [-0.05, 0) is 24.3 Å². The van der Waals surface area contributed by atoms with Gasteiger partial charge in [0, 0.05) is 24.1 Å². The molecule has 3 amide bonds. The lowest BCUT2D eigenvalue weighted by atomic mass is 9.89. The van der Waals surface area contributed by atoms with E-state index in [-0.39, 0.29) is 29.5 Å². The summed E-state index contributed by atoms with van der Waals surface area (Å²) in [7, 11) is 0. The van der Waals surface area contributed by atoms with Crippen molar-refractivity contribution in [1.82, 2.24) is 30.0 Å². The predicted octanol–water partition coefficient (Wildman–Crippen LogP) is 1.33. The summed E-state index contributed by atoms with van der Waals surface area (Å²) in [4.78, 5) is 70.0. The van der Waals surface area contributed by atoms with Crippen molar-refractivity contribution >= 4 is 75.4 Å². The van der Waals surface area contributed by atoms with Gasteiger partial charge in [0.25, 0.3) is 0 Å². The number of fused-ring (bicyclic) bond motifs is 2. The van der Waals surface area contributed by atoms with Gasteiger partial charge in [0.1, 0.15) is 33.8 Å². The highest BCUT2D eigenvalue weighted by Crippen LogP contribution is 2.47. The molecule has 15 nitrogen and oxygen atoms in total. The van der Waals surface area contributed by atoms with E-state index in [9.17, 15) is 39.3 Å². The lowest BCUT2D eigenvalue weighted by Crippen LogP contribution is -2.75.